The minimum atomic E-state index is 0.392. The van der Waals surface area contributed by atoms with Crippen molar-refractivity contribution in [2.45, 2.75) is 31.5 Å². The maximum Gasteiger partial charge on any atom is 0.104 e. The van der Waals surface area contributed by atoms with E-state index in [-0.39, 0.29) is 0 Å². The Kier molecular flexibility index (Phi) is 2.98. The third kappa shape index (κ3) is 4.70. The van der Waals surface area contributed by atoms with Crippen molar-refractivity contribution in [1.29, 1.82) is 0 Å². The van der Waals surface area contributed by atoms with Gasteiger partial charge in [-0.2, -0.15) is 0 Å². The highest BCUT2D eigenvalue weighted by molar-refractivity contribution is 4.71. The van der Waals surface area contributed by atoms with Crippen LogP contribution in [-0.4, -0.2) is 38.6 Å². The van der Waals surface area contributed by atoms with E-state index in [9.17, 15) is 0 Å². The van der Waals surface area contributed by atoms with Crippen LogP contribution >= 0.6 is 0 Å². The number of ether oxygens (including phenoxy) is 3. The van der Waals surface area contributed by atoms with E-state index in [1.165, 1.54) is 19.3 Å². The zero-order valence-corrected chi connectivity index (χ0v) is 7.33. The molecule has 0 aromatic rings. The van der Waals surface area contributed by atoms with Gasteiger partial charge in [-0.05, 0) is 0 Å². The summed E-state index contributed by atoms with van der Waals surface area (Å²) < 4.78 is 15.1. The average Bonchev–Trinajstić information content (AvgIpc) is 2.90. The van der Waals surface area contributed by atoms with Crippen molar-refractivity contribution < 1.29 is 14.2 Å². The molecule has 12 heavy (non-hydrogen) atoms. The second kappa shape index (κ2) is 4.21. The molecule has 3 heteroatoms. The van der Waals surface area contributed by atoms with Gasteiger partial charge in [0.2, 0.25) is 0 Å². The molecule has 0 radical (unpaired) electrons. The SMILES string of the molecule is C(OCC1CO1)C1CO1.C1CC1. The molecule has 2 heterocycles. The van der Waals surface area contributed by atoms with Gasteiger partial charge in [-0.15, -0.1) is 0 Å². The van der Waals surface area contributed by atoms with E-state index >= 15 is 0 Å². The Hall–Kier alpha value is -0.120. The first kappa shape index (κ1) is 8.48. The van der Waals surface area contributed by atoms with Crippen LogP contribution in [0.5, 0.6) is 0 Å². The van der Waals surface area contributed by atoms with Gasteiger partial charge in [-0.1, -0.05) is 19.3 Å². The molecule has 1 saturated carbocycles. The lowest BCUT2D eigenvalue weighted by Gasteiger charge is -1.95. The summed E-state index contributed by atoms with van der Waals surface area (Å²) in [5.74, 6) is 0. The number of epoxide rings is 2. The molecule has 3 aliphatic rings. The van der Waals surface area contributed by atoms with E-state index in [1.807, 2.05) is 0 Å². The molecule has 3 nitrogen and oxygen atoms in total. The zero-order chi connectivity index (χ0) is 8.23. The van der Waals surface area contributed by atoms with Gasteiger partial charge in [0.25, 0.3) is 0 Å². The highest BCUT2D eigenvalue weighted by Crippen LogP contribution is 2.15. The second-order valence-corrected chi connectivity index (χ2v) is 3.51. The van der Waals surface area contributed by atoms with Crippen molar-refractivity contribution in [1.82, 2.24) is 0 Å². The molecule has 2 saturated heterocycles. The molecule has 0 aromatic heterocycles. The van der Waals surface area contributed by atoms with Crippen LogP contribution < -0.4 is 0 Å². The molecule has 0 amide bonds. The van der Waals surface area contributed by atoms with Crippen LogP contribution in [0, 0.1) is 0 Å². The molecule has 3 rings (SSSR count). The molecular formula is C9H16O3. The van der Waals surface area contributed by atoms with Crippen molar-refractivity contribution >= 4 is 0 Å². The molecule has 0 spiro atoms. The molecular weight excluding hydrogens is 156 g/mol. The van der Waals surface area contributed by atoms with Gasteiger partial charge in [0.1, 0.15) is 12.2 Å². The van der Waals surface area contributed by atoms with E-state index in [1.54, 1.807) is 0 Å². The van der Waals surface area contributed by atoms with E-state index < -0.39 is 0 Å². The highest BCUT2D eigenvalue weighted by atomic mass is 16.6. The second-order valence-electron chi connectivity index (χ2n) is 3.51. The maximum atomic E-state index is 5.23. The van der Waals surface area contributed by atoms with Crippen molar-refractivity contribution in [2.75, 3.05) is 26.4 Å². The average molecular weight is 172 g/mol. The molecule has 70 valence electrons. The summed E-state index contributed by atoms with van der Waals surface area (Å²) in [6.45, 7) is 3.26. The lowest BCUT2D eigenvalue weighted by atomic mass is 10.5. The van der Waals surface area contributed by atoms with Crippen LogP contribution in [0.15, 0.2) is 0 Å². The Morgan fingerprint density at radius 1 is 0.917 bits per heavy atom. The van der Waals surface area contributed by atoms with Crippen LogP contribution in [0.4, 0.5) is 0 Å². The maximum absolute atomic E-state index is 5.23. The Morgan fingerprint density at radius 3 is 1.58 bits per heavy atom. The van der Waals surface area contributed by atoms with Gasteiger partial charge < -0.3 is 14.2 Å². The van der Waals surface area contributed by atoms with Gasteiger partial charge in [-0.3, -0.25) is 0 Å². The van der Waals surface area contributed by atoms with Crippen LogP contribution in [0.25, 0.3) is 0 Å². The summed E-state index contributed by atoms with van der Waals surface area (Å²) in [5.41, 5.74) is 0. The van der Waals surface area contributed by atoms with E-state index in [4.69, 9.17) is 14.2 Å². The first-order chi connectivity index (χ1) is 5.95. The number of rotatable bonds is 4. The topological polar surface area (TPSA) is 34.3 Å². The Bertz CT molecular complexity index is 113. The lowest BCUT2D eigenvalue weighted by molar-refractivity contribution is 0.102. The van der Waals surface area contributed by atoms with Crippen LogP contribution in [-0.2, 0) is 14.2 Å². The van der Waals surface area contributed by atoms with Gasteiger partial charge in [0, 0.05) is 0 Å². The van der Waals surface area contributed by atoms with Gasteiger partial charge in [0.15, 0.2) is 0 Å². The van der Waals surface area contributed by atoms with Gasteiger partial charge in [0.05, 0.1) is 26.4 Å². The highest BCUT2D eigenvalue weighted by Gasteiger charge is 2.26. The molecule has 0 bridgehead atoms. The van der Waals surface area contributed by atoms with E-state index in [0.717, 1.165) is 26.4 Å². The zero-order valence-electron chi connectivity index (χ0n) is 7.33. The first-order valence-electron chi connectivity index (χ1n) is 4.76. The van der Waals surface area contributed by atoms with Crippen LogP contribution in [0.2, 0.25) is 0 Å². The Balaban J connectivity index is 0.000000159. The number of hydrogen-bond donors (Lipinski definition) is 0. The normalized spacial score (nSPS) is 35.0. The summed E-state index contributed by atoms with van der Waals surface area (Å²) in [6.07, 6.45) is 5.28. The monoisotopic (exact) mass is 172 g/mol. The molecule has 2 atom stereocenters. The molecule has 1 aliphatic carbocycles. The fraction of sp³-hybridized carbons (Fsp3) is 1.00. The van der Waals surface area contributed by atoms with Crippen molar-refractivity contribution in [3.63, 3.8) is 0 Å². The first-order valence-corrected chi connectivity index (χ1v) is 4.76. The largest absolute Gasteiger partial charge is 0.376 e. The smallest absolute Gasteiger partial charge is 0.104 e. The Morgan fingerprint density at radius 2 is 1.33 bits per heavy atom. The van der Waals surface area contributed by atoms with Crippen molar-refractivity contribution in [3.05, 3.63) is 0 Å². The van der Waals surface area contributed by atoms with Crippen molar-refractivity contribution in [2.24, 2.45) is 0 Å². The predicted octanol–water partition coefficient (Wildman–Crippen LogP) is 0.971. The van der Waals surface area contributed by atoms with Crippen LogP contribution in [0.3, 0.4) is 0 Å². The summed E-state index contributed by atoms with van der Waals surface area (Å²) in [4.78, 5) is 0. The molecule has 2 aliphatic heterocycles. The van der Waals surface area contributed by atoms with E-state index in [2.05, 4.69) is 0 Å². The molecule has 0 N–H and O–H groups in total. The van der Waals surface area contributed by atoms with Gasteiger partial charge in [-0.25, -0.2) is 0 Å². The lowest BCUT2D eigenvalue weighted by Crippen LogP contribution is -2.06. The Labute approximate surface area is 73.0 Å². The quantitative estimate of drug-likeness (QED) is 0.593. The summed E-state index contributed by atoms with van der Waals surface area (Å²) >= 11 is 0. The minimum Gasteiger partial charge on any atom is -0.376 e. The number of hydrogen-bond acceptors (Lipinski definition) is 3. The fourth-order valence-electron chi connectivity index (χ4n) is 0.659. The van der Waals surface area contributed by atoms with Gasteiger partial charge >= 0.3 is 0 Å². The molecule has 2 unspecified atom stereocenters. The third-order valence-electron chi connectivity index (χ3n) is 1.77. The predicted molar refractivity (Wildman–Crippen MR) is 44.2 cm³/mol. The fourth-order valence-corrected chi connectivity index (χ4v) is 0.659. The van der Waals surface area contributed by atoms with Crippen LogP contribution in [0.1, 0.15) is 19.3 Å². The minimum absolute atomic E-state index is 0.392. The summed E-state index contributed by atoms with van der Waals surface area (Å²) in [6, 6.07) is 0. The third-order valence-corrected chi connectivity index (χ3v) is 1.77. The van der Waals surface area contributed by atoms with E-state index in [0.29, 0.717) is 12.2 Å². The summed E-state index contributed by atoms with van der Waals surface area (Å²) in [5, 5.41) is 0. The molecule has 3 fully saturated rings. The van der Waals surface area contributed by atoms with Crippen molar-refractivity contribution in [3.8, 4) is 0 Å². The standard InChI is InChI=1S/C6H10O3.C3H6/c1(5-3-8-5)7-2-6-4-9-6;1-2-3-1/h5-6H,1-4H2;1-3H2. The molecule has 0 aromatic carbocycles. The summed E-state index contributed by atoms with van der Waals surface area (Å²) in [7, 11) is 0.